The van der Waals surface area contributed by atoms with Crippen LogP contribution in [0.1, 0.15) is 32.8 Å². The fourth-order valence-electron chi connectivity index (χ4n) is 1.76. The van der Waals surface area contributed by atoms with Gasteiger partial charge in [0.2, 0.25) is 11.5 Å². The van der Waals surface area contributed by atoms with Gasteiger partial charge in [0.15, 0.2) is 0 Å². The van der Waals surface area contributed by atoms with Crippen LogP contribution in [0.4, 0.5) is 0 Å². The highest BCUT2D eigenvalue weighted by atomic mass is 16.5. The highest BCUT2D eigenvalue weighted by Gasteiger charge is 2.22. The lowest BCUT2D eigenvalue weighted by atomic mass is 10.0. The van der Waals surface area contributed by atoms with E-state index in [0.29, 0.717) is 12.0 Å². The molecule has 0 unspecified atom stereocenters. The van der Waals surface area contributed by atoms with Crippen LogP contribution in [0.15, 0.2) is 23.1 Å². The van der Waals surface area contributed by atoms with Crippen LogP contribution in [0.2, 0.25) is 0 Å². The number of esters is 1. The van der Waals surface area contributed by atoms with Gasteiger partial charge in [0.25, 0.3) is 0 Å². The number of aromatic nitrogens is 1. The smallest absolute Gasteiger partial charge is 0.328 e. The molecule has 0 saturated carbocycles. The molecule has 6 heteroatoms. The van der Waals surface area contributed by atoms with Crippen molar-refractivity contribution in [2.75, 3.05) is 0 Å². The molecule has 1 aromatic heterocycles. The molecule has 0 aliphatic carbocycles. The highest BCUT2D eigenvalue weighted by Crippen LogP contribution is 2.08. The first-order valence-electron chi connectivity index (χ1n) is 6.50. The van der Waals surface area contributed by atoms with Crippen LogP contribution in [-0.2, 0) is 20.9 Å². The van der Waals surface area contributed by atoms with Gasteiger partial charge in [-0.25, -0.2) is 4.79 Å². The summed E-state index contributed by atoms with van der Waals surface area (Å²) in [6.45, 7) is 5.28. The van der Waals surface area contributed by atoms with E-state index in [9.17, 15) is 14.4 Å². The third-order valence-corrected chi connectivity index (χ3v) is 2.59. The molecule has 0 spiro atoms. The third-order valence-electron chi connectivity index (χ3n) is 2.59. The molecule has 2 N–H and O–H groups in total. The van der Waals surface area contributed by atoms with Crippen molar-refractivity contribution in [3.63, 3.8) is 0 Å². The van der Waals surface area contributed by atoms with Crippen molar-refractivity contribution < 1.29 is 14.3 Å². The monoisotopic (exact) mass is 280 g/mol. The second-order valence-corrected chi connectivity index (χ2v) is 5.05. The number of hydrogen-bond acceptors (Lipinski definition) is 4. The number of hydrogen-bond donors (Lipinski definition) is 2. The normalized spacial score (nSPS) is 12.0. The van der Waals surface area contributed by atoms with Crippen molar-refractivity contribution in [3.05, 3.63) is 34.2 Å². The maximum absolute atomic E-state index is 11.9. The second kappa shape index (κ2) is 7.47. The molecular formula is C14H20N2O4. The molecule has 1 rings (SSSR count). The Kier molecular flexibility index (Phi) is 5.96. The lowest BCUT2D eigenvalue weighted by Gasteiger charge is -2.18. The average molecular weight is 280 g/mol. The summed E-state index contributed by atoms with van der Waals surface area (Å²) in [4.78, 5) is 36.6. The molecule has 110 valence electrons. The predicted molar refractivity (Wildman–Crippen MR) is 73.9 cm³/mol. The lowest BCUT2D eigenvalue weighted by molar-refractivity contribution is -0.149. The molecule has 1 heterocycles. The highest BCUT2D eigenvalue weighted by molar-refractivity contribution is 5.83. The number of rotatable bonds is 6. The number of pyridine rings is 1. The van der Waals surface area contributed by atoms with E-state index in [0.717, 1.165) is 0 Å². The van der Waals surface area contributed by atoms with Crippen molar-refractivity contribution in [1.82, 2.24) is 10.3 Å². The van der Waals surface area contributed by atoms with Crippen molar-refractivity contribution in [2.24, 2.45) is 5.92 Å². The number of carbonyl (C=O) groups is 2. The maximum Gasteiger partial charge on any atom is 0.328 e. The molecule has 0 aliphatic heterocycles. The van der Waals surface area contributed by atoms with Gasteiger partial charge in [0.05, 0.1) is 0 Å². The first-order chi connectivity index (χ1) is 9.38. The molecule has 1 aromatic rings. The van der Waals surface area contributed by atoms with Crippen LogP contribution in [0.3, 0.4) is 0 Å². The largest absolute Gasteiger partial charge is 0.459 e. The third kappa shape index (κ3) is 5.69. The van der Waals surface area contributed by atoms with Crippen molar-refractivity contribution in [1.29, 1.82) is 0 Å². The average Bonchev–Trinajstić information content (AvgIpc) is 2.34. The Hall–Kier alpha value is -2.11. The summed E-state index contributed by atoms with van der Waals surface area (Å²) < 4.78 is 5.14. The minimum atomic E-state index is -0.658. The number of nitrogens with one attached hydrogen (secondary N) is 2. The Bertz CT molecular complexity index is 522. The van der Waals surface area contributed by atoms with Gasteiger partial charge in [-0.15, -0.1) is 0 Å². The summed E-state index contributed by atoms with van der Waals surface area (Å²) in [5.41, 5.74) is 0.354. The van der Waals surface area contributed by atoms with Crippen LogP contribution < -0.4 is 10.9 Å². The number of aromatic amines is 1. The number of H-pyrrole nitrogens is 1. The first-order valence-corrected chi connectivity index (χ1v) is 6.50. The zero-order valence-electron chi connectivity index (χ0n) is 11.9. The van der Waals surface area contributed by atoms with E-state index in [4.69, 9.17) is 4.74 Å². The number of ether oxygens (including phenoxy) is 1. The maximum atomic E-state index is 11.9. The molecule has 0 aliphatic rings. The zero-order chi connectivity index (χ0) is 15.1. The van der Waals surface area contributed by atoms with E-state index in [1.807, 2.05) is 13.8 Å². The Balaban J connectivity index is 2.61. The molecule has 1 atom stereocenters. The fourth-order valence-corrected chi connectivity index (χ4v) is 1.76. The summed E-state index contributed by atoms with van der Waals surface area (Å²) in [6.07, 6.45) is 2.00. The van der Waals surface area contributed by atoms with Crippen LogP contribution in [0.5, 0.6) is 0 Å². The van der Waals surface area contributed by atoms with Crippen LogP contribution in [0.25, 0.3) is 0 Å². The standard InChI is InChI=1S/C14H20N2O4/c1-9(2)6-12(16-10(3)17)14(19)20-8-11-4-5-15-13(18)7-11/h4-5,7,9,12H,6,8H2,1-3H3,(H,15,18)(H,16,17)/t12-/m0/s1. The second-order valence-electron chi connectivity index (χ2n) is 5.05. The van der Waals surface area contributed by atoms with Gasteiger partial charge < -0.3 is 15.0 Å². The Labute approximate surface area is 117 Å². The van der Waals surface area contributed by atoms with E-state index in [-0.39, 0.29) is 24.0 Å². The van der Waals surface area contributed by atoms with E-state index < -0.39 is 12.0 Å². The van der Waals surface area contributed by atoms with Gasteiger partial charge >= 0.3 is 5.97 Å². The van der Waals surface area contributed by atoms with Gasteiger partial charge in [-0.05, 0) is 24.0 Å². The molecule has 0 fully saturated rings. The topological polar surface area (TPSA) is 88.3 Å². The van der Waals surface area contributed by atoms with Crippen LogP contribution >= 0.6 is 0 Å². The Morgan fingerprint density at radius 2 is 2.10 bits per heavy atom. The molecule has 0 aromatic carbocycles. The van der Waals surface area contributed by atoms with Gasteiger partial charge in [0, 0.05) is 19.2 Å². The zero-order valence-corrected chi connectivity index (χ0v) is 11.9. The quantitative estimate of drug-likeness (QED) is 0.760. The summed E-state index contributed by atoms with van der Waals surface area (Å²) in [7, 11) is 0. The molecule has 6 nitrogen and oxygen atoms in total. The fraction of sp³-hybridized carbons (Fsp3) is 0.500. The molecule has 1 amide bonds. The molecule has 20 heavy (non-hydrogen) atoms. The van der Waals surface area contributed by atoms with Crippen molar-refractivity contribution in [3.8, 4) is 0 Å². The predicted octanol–water partition coefficient (Wildman–Crippen LogP) is 0.969. The number of carbonyl (C=O) groups excluding carboxylic acids is 2. The summed E-state index contributed by atoms with van der Waals surface area (Å²) >= 11 is 0. The Morgan fingerprint density at radius 3 is 2.65 bits per heavy atom. The summed E-state index contributed by atoms with van der Waals surface area (Å²) in [5.74, 6) is -0.517. The minimum absolute atomic E-state index is 0.0108. The van der Waals surface area contributed by atoms with E-state index >= 15 is 0 Å². The summed E-state index contributed by atoms with van der Waals surface area (Å²) in [6, 6.07) is 2.36. The molecule has 0 radical (unpaired) electrons. The number of amides is 1. The van der Waals surface area contributed by atoms with Gasteiger partial charge in [-0.3, -0.25) is 9.59 Å². The summed E-state index contributed by atoms with van der Waals surface area (Å²) in [5, 5.41) is 2.58. The van der Waals surface area contributed by atoms with Gasteiger partial charge in [0.1, 0.15) is 12.6 Å². The minimum Gasteiger partial charge on any atom is -0.459 e. The molecular weight excluding hydrogens is 260 g/mol. The van der Waals surface area contributed by atoms with E-state index in [1.54, 1.807) is 6.07 Å². The van der Waals surface area contributed by atoms with E-state index in [2.05, 4.69) is 10.3 Å². The van der Waals surface area contributed by atoms with E-state index in [1.165, 1.54) is 19.2 Å². The van der Waals surface area contributed by atoms with Crippen LogP contribution in [0, 0.1) is 5.92 Å². The molecule has 0 saturated heterocycles. The van der Waals surface area contributed by atoms with Crippen molar-refractivity contribution >= 4 is 11.9 Å². The first kappa shape index (κ1) is 15.9. The van der Waals surface area contributed by atoms with Crippen LogP contribution in [-0.4, -0.2) is 22.9 Å². The molecule has 0 bridgehead atoms. The van der Waals surface area contributed by atoms with Crippen molar-refractivity contribution in [2.45, 2.75) is 39.8 Å². The lowest BCUT2D eigenvalue weighted by Crippen LogP contribution is -2.41. The van der Waals surface area contributed by atoms with Gasteiger partial charge in [-0.2, -0.15) is 0 Å². The van der Waals surface area contributed by atoms with Gasteiger partial charge in [-0.1, -0.05) is 13.8 Å². The Morgan fingerprint density at radius 1 is 1.40 bits per heavy atom. The SMILES string of the molecule is CC(=O)N[C@@H](CC(C)C)C(=O)OCc1cc[nH]c(=O)c1.